The molecule has 3 atom stereocenters. The Hall–Kier alpha value is -1.32. The van der Waals surface area contributed by atoms with Gasteiger partial charge in [-0.15, -0.1) is 0 Å². The molecule has 0 aromatic carbocycles. The predicted octanol–water partition coefficient (Wildman–Crippen LogP) is 2.44. The molecule has 19 heavy (non-hydrogen) atoms. The summed E-state index contributed by atoms with van der Waals surface area (Å²) < 4.78 is 0. The molecule has 2 aliphatic rings. The Morgan fingerprint density at radius 1 is 1.32 bits per heavy atom. The number of rotatable bonds is 3. The van der Waals surface area contributed by atoms with E-state index in [2.05, 4.69) is 13.0 Å². The Morgan fingerprint density at radius 3 is 2.68 bits per heavy atom. The van der Waals surface area contributed by atoms with Crippen LogP contribution in [0, 0.1) is 11.8 Å². The van der Waals surface area contributed by atoms with Gasteiger partial charge in [0, 0.05) is 12.5 Å². The molecule has 0 radical (unpaired) electrons. The van der Waals surface area contributed by atoms with Crippen molar-refractivity contribution in [3.05, 3.63) is 12.2 Å². The number of likely N-dealkylation sites (tertiary alicyclic amines) is 1. The molecular formula is C15H23NO3. The average molecular weight is 265 g/mol. The molecule has 3 unspecified atom stereocenters. The van der Waals surface area contributed by atoms with E-state index in [1.165, 1.54) is 0 Å². The first-order valence-electron chi connectivity index (χ1n) is 7.31. The number of hydrogen-bond acceptors (Lipinski definition) is 2. The van der Waals surface area contributed by atoms with Crippen LogP contribution in [0.4, 0.5) is 0 Å². The zero-order valence-corrected chi connectivity index (χ0v) is 11.5. The van der Waals surface area contributed by atoms with E-state index >= 15 is 0 Å². The molecule has 4 heteroatoms. The lowest BCUT2D eigenvalue weighted by molar-refractivity contribution is -0.155. The molecule has 0 spiro atoms. The minimum absolute atomic E-state index is 0.00923. The highest BCUT2D eigenvalue weighted by Crippen LogP contribution is 2.29. The van der Waals surface area contributed by atoms with Crippen LogP contribution in [0.5, 0.6) is 0 Å². The Morgan fingerprint density at radius 2 is 2.11 bits per heavy atom. The minimum atomic E-state index is -0.849. The van der Waals surface area contributed by atoms with Crippen molar-refractivity contribution in [2.75, 3.05) is 6.54 Å². The van der Waals surface area contributed by atoms with Crippen molar-refractivity contribution in [3.63, 3.8) is 0 Å². The molecule has 1 saturated heterocycles. The number of hydrogen-bond donors (Lipinski definition) is 1. The van der Waals surface area contributed by atoms with Gasteiger partial charge in [-0.2, -0.15) is 0 Å². The SMILES string of the molecule is CCC1CCN(C(=O)C2CC=CCC2)C(C(=O)O)C1. The highest BCUT2D eigenvalue weighted by atomic mass is 16.4. The second-order valence-corrected chi connectivity index (χ2v) is 5.67. The zero-order chi connectivity index (χ0) is 13.8. The summed E-state index contributed by atoms with van der Waals surface area (Å²) in [6.45, 7) is 2.70. The molecule has 1 heterocycles. The number of carbonyl (C=O) groups excluding carboxylic acids is 1. The Labute approximate surface area is 114 Å². The van der Waals surface area contributed by atoms with Gasteiger partial charge in [0.2, 0.25) is 5.91 Å². The molecule has 1 fully saturated rings. The van der Waals surface area contributed by atoms with Crippen LogP contribution in [0.15, 0.2) is 12.2 Å². The molecule has 1 amide bonds. The Balaban J connectivity index is 2.06. The molecule has 2 rings (SSSR count). The van der Waals surface area contributed by atoms with Crippen LogP contribution in [0.25, 0.3) is 0 Å². The summed E-state index contributed by atoms with van der Waals surface area (Å²) >= 11 is 0. The minimum Gasteiger partial charge on any atom is -0.480 e. The van der Waals surface area contributed by atoms with Crippen LogP contribution in [0.2, 0.25) is 0 Å². The fraction of sp³-hybridized carbons (Fsp3) is 0.733. The fourth-order valence-electron chi connectivity index (χ4n) is 3.16. The molecule has 1 aliphatic heterocycles. The van der Waals surface area contributed by atoms with Gasteiger partial charge >= 0.3 is 5.97 Å². The van der Waals surface area contributed by atoms with Crippen LogP contribution >= 0.6 is 0 Å². The molecule has 4 nitrogen and oxygen atoms in total. The van der Waals surface area contributed by atoms with Gasteiger partial charge in [0.25, 0.3) is 0 Å². The molecule has 1 N–H and O–H groups in total. The summed E-state index contributed by atoms with van der Waals surface area (Å²) in [5.41, 5.74) is 0. The topological polar surface area (TPSA) is 57.6 Å². The van der Waals surface area contributed by atoms with Crippen molar-refractivity contribution in [2.45, 2.75) is 51.5 Å². The third kappa shape index (κ3) is 3.17. The van der Waals surface area contributed by atoms with Crippen LogP contribution in [0.1, 0.15) is 45.4 Å². The van der Waals surface area contributed by atoms with Crippen LogP contribution in [-0.4, -0.2) is 34.5 Å². The third-order valence-electron chi connectivity index (χ3n) is 4.47. The third-order valence-corrected chi connectivity index (χ3v) is 4.47. The highest BCUT2D eigenvalue weighted by molar-refractivity contribution is 5.85. The van der Waals surface area contributed by atoms with Gasteiger partial charge in [-0.1, -0.05) is 25.5 Å². The van der Waals surface area contributed by atoms with Crippen molar-refractivity contribution in [2.24, 2.45) is 11.8 Å². The van der Waals surface area contributed by atoms with Gasteiger partial charge < -0.3 is 10.0 Å². The maximum absolute atomic E-state index is 12.5. The van der Waals surface area contributed by atoms with Gasteiger partial charge in [-0.05, 0) is 38.0 Å². The number of nitrogens with zero attached hydrogens (tertiary/aromatic N) is 1. The van der Waals surface area contributed by atoms with Crippen LogP contribution in [0.3, 0.4) is 0 Å². The van der Waals surface area contributed by atoms with Crippen molar-refractivity contribution < 1.29 is 14.7 Å². The second-order valence-electron chi connectivity index (χ2n) is 5.67. The first kappa shape index (κ1) is 14.1. The number of carbonyl (C=O) groups is 2. The zero-order valence-electron chi connectivity index (χ0n) is 11.5. The van der Waals surface area contributed by atoms with E-state index in [1.54, 1.807) is 4.90 Å². The van der Waals surface area contributed by atoms with Gasteiger partial charge in [-0.3, -0.25) is 4.79 Å². The van der Waals surface area contributed by atoms with Crippen molar-refractivity contribution in [1.29, 1.82) is 0 Å². The Kier molecular flexibility index (Phi) is 4.61. The average Bonchev–Trinajstić information content (AvgIpc) is 2.46. The molecule has 0 aromatic heterocycles. The monoisotopic (exact) mass is 265 g/mol. The Bertz CT molecular complexity index is 378. The van der Waals surface area contributed by atoms with E-state index < -0.39 is 12.0 Å². The fourth-order valence-corrected chi connectivity index (χ4v) is 3.16. The van der Waals surface area contributed by atoms with Crippen LogP contribution in [-0.2, 0) is 9.59 Å². The quantitative estimate of drug-likeness (QED) is 0.797. The molecule has 0 aromatic rings. The standard InChI is InChI=1S/C15H23NO3/c1-2-11-8-9-16(13(10-11)15(18)19)14(17)12-6-4-3-5-7-12/h3-4,11-13H,2,5-10H2,1H3,(H,18,19). The van der Waals surface area contributed by atoms with E-state index in [1.807, 2.05) is 6.08 Å². The lowest BCUT2D eigenvalue weighted by Gasteiger charge is -2.39. The largest absolute Gasteiger partial charge is 0.480 e. The lowest BCUT2D eigenvalue weighted by atomic mass is 9.86. The summed E-state index contributed by atoms with van der Waals surface area (Å²) in [6.07, 6.45) is 9.24. The first-order valence-corrected chi connectivity index (χ1v) is 7.31. The van der Waals surface area contributed by atoms with Crippen molar-refractivity contribution >= 4 is 11.9 Å². The van der Waals surface area contributed by atoms with Gasteiger partial charge in [0.05, 0.1) is 0 Å². The summed E-state index contributed by atoms with van der Waals surface area (Å²) in [6, 6.07) is -0.614. The molecular weight excluding hydrogens is 242 g/mol. The van der Waals surface area contributed by atoms with Crippen molar-refractivity contribution in [1.82, 2.24) is 4.90 Å². The smallest absolute Gasteiger partial charge is 0.326 e. The predicted molar refractivity (Wildman–Crippen MR) is 72.6 cm³/mol. The number of carboxylic acids is 1. The number of allylic oxidation sites excluding steroid dienone is 2. The highest BCUT2D eigenvalue weighted by Gasteiger charge is 2.37. The summed E-state index contributed by atoms with van der Waals surface area (Å²) in [5.74, 6) is -0.370. The van der Waals surface area contributed by atoms with Gasteiger partial charge in [0.1, 0.15) is 6.04 Å². The number of aliphatic carboxylic acids is 1. The van der Waals surface area contributed by atoms with E-state index in [9.17, 15) is 14.7 Å². The van der Waals surface area contributed by atoms with E-state index in [0.29, 0.717) is 18.9 Å². The maximum atomic E-state index is 12.5. The molecule has 106 valence electrons. The molecule has 1 aliphatic carbocycles. The second kappa shape index (κ2) is 6.22. The molecule has 0 bridgehead atoms. The summed E-state index contributed by atoms with van der Waals surface area (Å²) in [4.78, 5) is 25.5. The van der Waals surface area contributed by atoms with E-state index in [0.717, 1.165) is 32.1 Å². The normalized spacial score (nSPS) is 31.2. The van der Waals surface area contributed by atoms with Gasteiger partial charge in [-0.25, -0.2) is 4.79 Å². The number of amides is 1. The van der Waals surface area contributed by atoms with Crippen molar-refractivity contribution in [3.8, 4) is 0 Å². The van der Waals surface area contributed by atoms with Gasteiger partial charge in [0.15, 0.2) is 0 Å². The molecule has 0 saturated carbocycles. The maximum Gasteiger partial charge on any atom is 0.326 e. The summed E-state index contributed by atoms with van der Waals surface area (Å²) in [7, 11) is 0. The summed E-state index contributed by atoms with van der Waals surface area (Å²) in [5, 5.41) is 9.36. The first-order chi connectivity index (χ1) is 9.13. The van der Waals surface area contributed by atoms with E-state index in [-0.39, 0.29) is 11.8 Å². The number of piperidine rings is 1. The lowest BCUT2D eigenvalue weighted by Crippen LogP contribution is -2.52. The van der Waals surface area contributed by atoms with Crippen LogP contribution < -0.4 is 0 Å². The number of carboxylic acid groups (broad SMARTS) is 1. The van der Waals surface area contributed by atoms with E-state index in [4.69, 9.17) is 0 Å².